The van der Waals surface area contributed by atoms with Crippen molar-refractivity contribution in [2.45, 2.75) is 503 Å². The summed E-state index contributed by atoms with van der Waals surface area (Å²) in [5.41, 5.74) is 2.83. The van der Waals surface area contributed by atoms with E-state index in [0.717, 1.165) is 76.1 Å². The van der Waals surface area contributed by atoms with Crippen LogP contribution < -0.4 is 9.05 Å². The molecule has 0 unspecified atom stereocenters. The van der Waals surface area contributed by atoms with Gasteiger partial charge in [-0.3, -0.25) is 4.52 Å². The third-order valence-corrected chi connectivity index (χ3v) is 26.6. The van der Waals surface area contributed by atoms with Gasteiger partial charge in [0, 0.05) is 0 Å². The third-order valence-electron chi connectivity index (χ3n) is 24.2. The van der Waals surface area contributed by atoms with E-state index >= 15 is 0 Å². The molecule has 2 aromatic rings. The SMILES string of the molecule is CCCCCCCCCCCCCCCCCOP(OCCCCCCCCCCCCCCCCC)OC1CCC(C(C)(C)C2CCC(OP(Oc3ccccc3CCCCCCCCCCCCCCCCC)Oc3ccccc3CCCCCCCCCCCCCCCCC)CC2)CC1. The van der Waals surface area contributed by atoms with Crippen molar-refractivity contribution >= 4 is 17.2 Å². The molecule has 2 fully saturated rings. The van der Waals surface area contributed by atoms with Crippen LogP contribution >= 0.6 is 17.2 Å². The number of aryl methyl sites for hydroxylation is 2. The second-order valence-electron chi connectivity index (χ2n) is 33.8. The van der Waals surface area contributed by atoms with Gasteiger partial charge in [-0.15, -0.1) is 0 Å². The van der Waals surface area contributed by atoms with Gasteiger partial charge in [0.05, 0.1) is 25.4 Å². The van der Waals surface area contributed by atoms with Crippen LogP contribution in [0.15, 0.2) is 48.5 Å². The highest BCUT2D eigenvalue weighted by Gasteiger charge is 2.42. The van der Waals surface area contributed by atoms with Crippen LogP contribution in [-0.4, -0.2) is 25.4 Å². The maximum Gasteiger partial charge on any atom is 0.463 e. The highest BCUT2D eigenvalue weighted by Crippen LogP contribution is 2.53. The lowest BCUT2D eigenvalue weighted by Crippen LogP contribution is -2.39. The molecule has 8 heteroatoms. The van der Waals surface area contributed by atoms with Crippen LogP contribution in [0.2, 0.25) is 0 Å². The molecule has 0 spiro atoms. The molecule has 4 rings (SSSR count). The zero-order valence-electron chi connectivity index (χ0n) is 69.7. The van der Waals surface area contributed by atoms with Crippen LogP contribution in [0.4, 0.5) is 0 Å². The van der Waals surface area contributed by atoms with Gasteiger partial charge in [-0.2, -0.15) is 0 Å². The van der Waals surface area contributed by atoms with Gasteiger partial charge in [-0.1, -0.05) is 438 Å². The van der Waals surface area contributed by atoms with E-state index in [0.29, 0.717) is 11.8 Å². The van der Waals surface area contributed by atoms with Crippen molar-refractivity contribution in [3.63, 3.8) is 0 Å². The lowest BCUT2D eigenvalue weighted by molar-refractivity contribution is 0.00529. The van der Waals surface area contributed by atoms with Gasteiger partial charge in [0.1, 0.15) is 11.5 Å². The molecule has 600 valence electrons. The summed E-state index contributed by atoms with van der Waals surface area (Å²) in [6.45, 7) is 16.0. The zero-order chi connectivity index (χ0) is 73.1. The second-order valence-corrected chi connectivity index (χ2v) is 36.0. The quantitative estimate of drug-likeness (QED) is 0.0486. The molecule has 0 atom stereocenters. The first-order chi connectivity index (χ1) is 50.9. The second kappa shape index (κ2) is 68.7. The van der Waals surface area contributed by atoms with Crippen LogP contribution in [0.5, 0.6) is 11.5 Å². The van der Waals surface area contributed by atoms with E-state index in [2.05, 4.69) is 90.1 Å². The number of hydrogen-bond acceptors (Lipinski definition) is 6. The molecule has 0 amide bonds. The lowest BCUT2D eigenvalue weighted by atomic mass is 9.60. The molecule has 2 aromatic carbocycles. The molecule has 0 aliphatic heterocycles. The smallest absolute Gasteiger partial charge is 0.417 e. The average Bonchev–Trinajstić information content (AvgIpc) is 0.804. The Balaban J connectivity index is 1.26. The Morgan fingerprint density at radius 2 is 0.476 bits per heavy atom. The maximum absolute atomic E-state index is 7.18. The number of hydrogen-bond donors (Lipinski definition) is 0. The van der Waals surface area contributed by atoms with Crippen molar-refractivity contribution in [1.29, 1.82) is 0 Å². The first-order valence-corrected chi connectivity index (χ1v) is 48.8. The molecular weight excluding hydrogens is 1300 g/mol. The van der Waals surface area contributed by atoms with Crippen molar-refractivity contribution in [3.8, 4) is 11.5 Å². The summed E-state index contributed by atoms with van der Waals surface area (Å²) in [6.07, 6.45) is 94.4. The van der Waals surface area contributed by atoms with E-state index in [1.165, 1.54) is 409 Å². The summed E-state index contributed by atoms with van der Waals surface area (Å²) < 4.78 is 41.4. The molecule has 0 N–H and O–H groups in total. The fraction of sp³-hybridized carbons (Fsp3) is 0.874. The van der Waals surface area contributed by atoms with Crippen molar-refractivity contribution in [2.75, 3.05) is 13.2 Å². The fourth-order valence-corrected chi connectivity index (χ4v) is 19.4. The predicted octanol–water partition coefficient (Wildman–Crippen LogP) is 34.4. The van der Waals surface area contributed by atoms with Gasteiger partial charge in [-0.25, -0.2) is 0 Å². The minimum Gasteiger partial charge on any atom is -0.417 e. The van der Waals surface area contributed by atoms with E-state index in [1.54, 1.807) is 0 Å². The van der Waals surface area contributed by atoms with Crippen molar-refractivity contribution in [3.05, 3.63) is 59.7 Å². The summed E-state index contributed by atoms with van der Waals surface area (Å²) in [7, 11) is -3.00. The van der Waals surface area contributed by atoms with Crippen LogP contribution in [0, 0.1) is 17.3 Å². The Kier molecular flexibility index (Phi) is 62.8. The highest BCUT2D eigenvalue weighted by atomic mass is 31.2. The third kappa shape index (κ3) is 51.0. The van der Waals surface area contributed by atoms with E-state index in [-0.39, 0.29) is 17.6 Å². The summed E-state index contributed by atoms with van der Waals surface area (Å²) >= 11 is 0. The molecule has 103 heavy (non-hydrogen) atoms. The Labute approximate surface area is 645 Å². The molecule has 0 bridgehead atoms. The highest BCUT2D eigenvalue weighted by molar-refractivity contribution is 7.42. The first-order valence-electron chi connectivity index (χ1n) is 46.6. The normalized spacial score (nSPS) is 16.6. The molecule has 2 aliphatic carbocycles. The molecule has 6 nitrogen and oxygen atoms in total. The van der Waals surface area contributed by atoms with E-state index < -0.39 is 17.2 Å². The fourth-order valence-electron chi connectivity index (χ4n) is 16.9. The van der Waals surface area contributed by atoms with Crippen molar-refractivity contribution < 1.29 is 27.1 Å². The van der Waals surface area contributed by atoms with Gasteiger partial charge in [0.15, 0.2) is 0 Å². The van der Waals surface area contributed by atoms with Crippen LogP contribution in [-0.2, 0) is 30.9 Å². The molecule has 0 heterocycles. The number of para-hydroxylation sites is 2. The maximum atomic E-state index is 7.18. The Morgan fingerprint density at radius 1 is 0.262 bits per heavy atom. The van der Waals surface area contributed by atoms with E-state index in [4.69, 9.17) is 27.1 Å². The van der Waals surface area contributed by atoms with E-state index in [1.807, 2.05) is 0 Å². The van der Waals surface area contributed by atoms with Gasteiger partial charge in [0.25, 0.3) is 0 Å². The molecule has 0 saturated heterocycles. The number of benzene rings is 2. The predicted molar refractivity (Wildman–Crippen MR) is 454 cm³/mol. The Bertz CT molecular complexity index is 1970. The topological polar surface area (TPSA) is 55.4 Å². The van der Waals surface area contributed by atoms with Crippen molar-refractivity contribution in [1.82, 2.24) is 0 Å². The molecule has 0 radical (unpaired) electrons. The van der Waals surface area contributed by atoms with Crippen LogP contribution in [0.25, 0.3) is 0 Å². The largest absolute Gasteiger partial charge is 0.463 e. The molecule has 2 aliphatic rings. The molecule has 2 saturated carbocycles. The van der Waals surface area contributed by atoms with Crippen LogP contribution in [0.3, 0.4) is 0 Å². The minimum absolute atomic E-state index is 0.121. The number of unbranched alkanes of at least 4 members (excludes halogenated alkanes) is 56. The van der Waals surface area contributed by atoms with Crippen molar-refractivity contribution in [2.24, 2.45) is 17.3 Å². The summed E-state index contributed by atoms with van der Waals surface area (Å²) in [4.78, 5) is 0. The minimum atomic E-state index is -1.67. The van der Waals surface area contributed by atoms with Crippen LogP contribution in [0.1, 0.15) is 489 Å². The Hall–Kier alpha value is -1.26. The standard InChI is InChI=1S/C95H174O6P2/c1-7-11-15-19-23-27-31-35-39-43-47-51-55-59-63-71-87-73-65-67-75-93(87)100-103(101-94-76-68-66-74-88(94)72-64-60-56-52-48-44-40-36-32-28-24-20-16-12-8-2)99-92-83-79-90(80-84-92)95(5,6)89-77-81-91(82-78-89)98-102(96-85-69-61-57-53-49-45-41-37-33-29-25-21-17-13-9-3)97-86-70-62-58-54-50-46-42-38-34-30-26-22-18-14-10-4/h65-68,73-76,89-92H,7-64,69-72,77-86H2,1-6H3. The van der Waals surface area contributed by atoms with Gasteiger partial charge in [-0.05, 0) is 130 Å². The summed E-state index contributed by atoms with van der Waals surface area (Å²) in [5.74, 6) is 3.25. The summed E-state index contributed by atoms with van der Waals surface area (Å²) in [6, 6.07) is 17.6. The van der Waals surface area contributed by atoms with Gasteiger partial charge >= 0.3 is 17.2 Å². The molecule has 0 aromatic heterocycles. The molecular formula is C95H174O6P2. The first kappa shape index (κ1) is 94.1. The zero-order valence-corrected chi connectivity index (χ0v) is 71.5. The summed E-state index contributed by atoms with van der Waals surface area (Å²) in [5, 5.41) is 0. The van der Waals surface area contributed by atoms with Gasteiger partial charge < -0.3 is 22.6 Å². The average molecular weight is 1470 g/mol. The number of rotatable bonds is 76. The monoisotopic (exact) mass is 1470 g/mol. The Morgan fingerprint density at radius 3 is 0.728 bits per heavy atom. The lowest BCUT2D eigenvalue weighted by Gasteiger charge is -2.46. The van der Waals surface area contributed by atoms with Gasteiger partial charge in [0.2, 0.25) is 0 Å². The van der Waals surface area contributed by atoms with E-state index in [9.17, 15) is 0 Å².